The lowest BCUT2D eigenvalue weighted by Crippen LogP contribution is -2.41. The number of anilines is 2. The second kappa shape index (κ2) is 5.95. The molecule has 1 amide bonds. The van der Waals surface area contributed by atoms with Crippen molar-refractivity contribution in [3.8, 4) is 0 Å². The molecule has 0 atom stereocenters. The summed E-state index contributed by atoms with van der Waals surface area (Å²) in [7, 11) is 4.11. The Morgan fingerprint density at radius 3 is 2.47 bits per heavy atom. The van der Waals surface area contributed by atoms with Crippen molar-refractivity contribution in [2.45, 2.75) is 25.8 Å². The predicted molar refractivity (Wildman–Crippen MR) is 79.7 cm³/mol. The largest absolute Gasteiger partial charge is 0.381 e. The number of carbonyl (C=O) groups is 1. The molecule has 1 aliphatic heterocycles. The fourth-order valence-corrected chi connectivity index (χ4v) is 2.54. The summed E-state index contributed by atoms with van der Waals surface area (Å²) in [5.41, 5.74) is 2.38. The van der Waals surface area contributed by atoms with Gasteiger partial charge < -0.3 is 15.1 Å². The minimum absolute atomic E-state index is 0.187. The van der Waals surface area contributed by atoms with Crippen molar-refractivity contribution in [2.75, 3.05) is 37.4 Å². The van der Waals surface area contributed by atoms with Crippen LogP contribution < -0.4 is 10.2 Å². The first-order valence-electron chi connectivity index (χ1n) is 6.86. The lowest BCUT2D eigenvalue weighted by Gasteiger charge is -2.33. The van der Waals surface area contributed by atoms with Gasteiger partial charge in [-0.15, -0.1) is 0 Å². The molecule has 1 aromatic carbocycles. The van der Waals surface area contributed by atoms with Crippen LogP contribution in [0, 0.1) is 0 Å². The van der Waals surface area contributed by atoms with Crippen molar-refractivity contribution >= 4 is 17.3 Å². The van der Waals surface area contributed by atoms with Crippen LogP contribution in [0.25, 0.3) is 0 Å². The molecule has 1 N–H and O–H groups in total. The van der Waals surface area contributed by atoms with Gasteiger partial charge in [-0.3, -0.25) is 4.79 Å². The number of para-hydroxylation sites is 2. The van der Waals surface area contributed by atoms with Gasteiger partial charge in [-0.1, -0.05) is 12.1 Å². The molecule has 0 unspecified atom stereocenters. The van der Waals surface area contributed by atoms with Crippen LogP contribution in [0.3, 0.4) is 0 Å². The molecule has 1 heterocycles. The predicted octanol–water partition coefficient (Wildman–Crippen LogP) is 2.18. The molecule has 0 spiro atoms. The van der Waals surface area contributed by atoms with Gasteiger partial charge in [0.25, 0.3) is 0 Å². The number of nitrogens with one attached hydrogen (secondary N) is 1. The highest BCUT2D eigenvalue weighted by Crippen LogP contribution is 2.26. The van der Waals surface area contributed by atoms with Crippen molar-refractivity contribution in [2.24, 2.45) is 0 Å². The van der Waals surface area contributed by atoms with Gasteiger partial charge >= 0.3 is 0 Å². The second-order valence-electron chi connectivity index (χ2n) is 5.34. The minimum atomic E-state index is 0.187. The molecule has 1 fully saturated rings. The Morgan fingerprint density at radius 1 is 1.26 bits per heavy atom. The van der Waals surface area contributed by atoms with E-state index in [1.54, 1.807) is 6.92 Å². The van der Waals surface area contributed by atoms with Crippen LogP contribution in [0.4, 0.5) is 11.4 Å². The zero-order valence-electron chi connectivity index (χ0n) is 12.0. The van der Waals surface area contributed by atoms with Crippen LogP contribution in [0.15, 0.2) is 24.3 Å². The van der Waals surface area contributed by atoms with Gasteiger partial charge in [-0.05, 0) is 25.0 Å². The van der Waals surface area contributed by atoms with Gasteiger partial charge in [0.15, 0.2) is 0 Å². The van der Waals surface area contributed by atoms with Crippen molar-refractivity contribution < 1.29 is 4.79 Å². The molecule has 104 valence electrons. The molecule has 2 rings (SSSR count). The summed E-state index contributed by atoms with van der Waals surface area (Å²) in [5.74, 6) is 0.187. The standard InChI is InChI=1S/C15H23N3O/c1-12(19)18-10-8-13(9-11-18)16-14-6-4-5-7-15(14)17(2)3/h4-7,13,16H,8-11H2,1-3H3. The minimum Gasteiger partial charge on any atom is -0.381 e. The van der Waals surface area contributed by atoms with Crippen LogP contribution in [0.2, 0.25) is 0 Å². The maximum absolute atomic E-state index is 11.3. The number of likely N-dealkylation sites (tertiary alicyclic amines) is 1. The van der Waals surface area contributed by atoms with Crippen LogP contribution in [0.1, 0.15) is 19.8 Å². The molecule has 0 aromatic heterocycles. The third-order valence-electron chi connectivity index (χ3n) is 3.69. The van der Waals surface area contributed by atoms with E-state index in [2.05, 4.69) is 48.6 Å². The number of amides is 1. The van der Waals surface area contributed by atoms with E-state index in [0.29, 0.717) is 6.04 Å². The fourth-order valence-electron chi connectivity index (χ4n) is 2.54. The maximum atomic E-state index is 11.3. The average molecular weight is 261 g/mol. The summed E-state index contributed by atoms with van der Waals surface area (Å²) in [6, 6.07) is 8.80. The second-order valence-corrected chi connectivity index (χ2v) is 5.34. The van der Waals surface area contributed by atoms with Crippen molar-refractivity contribution in [1.82, 2.24) is 4.90 Å². The molecule has 1 saturated heterocycles. The number of hydrogen-bond donors (Lipinski definition) is 1. The Bertz CT molecular complexity index is 437. The lowest BCUT2D eigenvalue weighted by atomic mass is 10.0. The van der Waals surface area contributed by atoms with E-state index >= 15 is 0 Å². The van der Waals surface area contributed by atoms with Crippen LogP contribution in [0.5, 0.6) is 0 Å². The Kier molecular flexibility index (Phi) is 4.30. The summed E-state index contributed by atoms with van der Waals surface area (Å²) in [6.07, 6.45) is 2.03. The number of carbonyl (C=O) groups excluding carboxylic acids is 1. The maximum Gasteiger partial charge on any atom is 0.219 e. The Morgan fingerprint density at radius 2 is 1.89 bits per heavy atom. The molecule has 1 aromatic rings. The third kappa shape index (κ3) is 3.40. The highest BCUT2D eigenvalue weighted by atomic mass is 16.2. The molecule has 0 bridgehead atoms. The van der Waals surface area contributed by atoms with E-state index in [1.165, 1.54) is 11.4 Å². The number of piperidine rings is 1. The van der Waals surface area contributed by atoms with Gasteiger partial charge in [0.2, 0.25) is 5.91 Å². The highest BCUT2D eigenvalue weighted by molar-refractivity contribution is 5.73. The first-order valence-corrected chi connectivity index (χ1v) is 6.86. The molecule has 4 heteroatoms. The normalized spacial score (nSPS) is 16.3. The summed E-state index contributed by atoms with van der Waals surface area (Å²) >= 11 is 0. The molecule has 4 nitrogen and oxygen atoms in total. The zero-order valence-corrected chi connectivity index (χ0v) is 12.0. The van der Waals surface area contributed by atoms with Gasteiger partial charge in [0.1, 0.15) is 0 Å². The molecular formula is C15H23N3O. The van der Waals surface area contributed by atoms with E-state index in [0.717, 1.165) is 25.9 Å². The quantitative estimate of drug-likeness (QED) is 0.906. The third-order valence-corrected chi connectivity index (χ3v) is 3.69. The summed E-state index contributed by atoms with van der Waals surface area (Å²) < 4.78 is 0. The van der Waals surface area contributed by atoms with E-state index in [-0.39, 0.29) is 5.91 Å². The summed E-state index contributed by atoms with van der Waals surface area (Å²) in [5, 5.41) is 3.61. The first-order chi connectivity index (χ1) is 9.08. The van der Waals surface area contributed by atoms with Crippen LogP contribution in [-0.2, 0) is 4.79 Å². The summed E-state index contributed by atoms with van der Waals surface area (Å²) in [6.45, 7) is 3.36. The highest BCUT2D eigenvalue weighted by Gasteiger charge is 2.21. The van der Waals surface area contributed by atoms with Gasteiger partial charge in [0, 0.05) is 40.2 Å². The first kappa shape index (κ1) is 13.7. The smallest absolute Gasteiger partial charge is 0.219 e. The number of hydrogen-bond acceptors (Lipinski definition) is 3. The fraction of sp³-hybridized carbons (Fsp3) is 0.533. The Hall–Kier alpha value is -1.71. The molecule has 0 aliphatic carbocycles. The number of nitrogens with zero attached hydrogens (tertiary/aromatic N) is 2. The molecule has 19 heavy (non-hydrogen) atoms. The monoisotopic (exact) mass is 261 g/mol. The van der Waals surface area contributed by atoms with E-state index in [1.807, 2.05) is 4.90 Å². The van der Waals surface area contributed by atoms with Gasteiger partial charge in [-0.25, -0.2) is 0 Å². The lowest BCUT2D eigenvalue weighted by molar-refractivity contribution is -0.129. The topological polar surface area (TPSA) is 35.6 Å². The van der Waals surface area contributed by atoms with Crippen LogP contribution in [-0.4, -0.2) is 44.0 Å². The number of rotatable bonds is 3. The molecular weight excluding hydrogens is 238 g/mol. The molecule has 0 radical (unpaired) electrons. The van der Waals surface area contributed by atoms with E-state index in [4.69, 9.17) is 0 Å². The van der Waals surface area contributed by atoms with Gasteiger partial charge in [0.05, 0.1) is 11.4 Å². The van der Waals surface area contributed by atoms with E-state index < -0.39 is 0 Å². The Balaban J connectivity index is 1.98. The van der Waals surface area contributed by atoms with Crippen LogP contribution >= 0.6 is 0 Å². The summed E-state index contributed by atoms with van der Waals surface area (Å²) in [4.78, 5) is 15.4. The zero-order chi connectivity index (χ0) is 13.8. The van der Waals surface area contributed by atoms with Gasteiger partial charge in [-0.2, -0.15) is 0 Å². The van der Waals surface area contributed by atoms with E-state index in [9.17, 15) is 4.79 Å². The van der Waals surface area contributed by atoms with Crippen molar-refractivity contribution in [3.05, 3.63) is 24.3 Å². The number of benzene rings is 1. The molecule has 0 saturated carbocycles. The SMILES string of the molecule is CC(=O)N1CCC(Nc2ccccc2N(C)C)CC1. The average Bonchev–Trinajstić information content (AvgIpc) is 2.39. The van der Waals surface area contributed by atoms with Crippen molar-refractivity contribution in [3.63, 3.8) is 0 Å². The van der Waals surface area contributed by atoms with Crippen molar-refractivity contribution in [1.29, 1.82) is 0 Å². The molecule has 1 aliphatic rings. The Labute approximate surface area is 115 Å².